The number of anilines is 1. The topological polar surface area (TPSA) is 61.4 Å². The molecule has 2 aliphatic rings. The maximum absolute atomic E-state index is 12.8. The molecular weight excluding hydrogens is 362 g/mol. The number of fused-ring (bicyclic) bond motifs is 1. The van der Waals surface area contributed by atoms with E-state index >= 15 is 0 Å². The Bertz CT molecular complexity index is 890. The molecule has 1 saturated heterocycles. The molecule has 2 aromatic rings. The molecule has 2 atom stereocenters. The van der Waals surface area contributed by atoms with Crippen molar-refractivity contribution in [1.29, 1.82) is 0 Å². The zero-order chi connectivity index (χ0) is 20.1. The van der Waals surface area contributed by atoms with Crippen LogP contribution in [0.2, 0.25) is 0 Å². The van der Waals surface area contributed by atoms with Crippen molar-refractivity contribution < 1.29 is 9.59 Å². The Morgan fingerprint density at radius 2 is 1.90 bits per heavy atom. The number of carbonyl (C=O) groups is 2. The molecule has 2 heterocycles. The molecule has 0 unspecified atom stereocenters. The summed E-state index contributed by atoms with van der Waals surface area (Å²) >= 11 is 0. The first kappa shape index (κ1) is 19.4. The third-order valence-electron chi connectivity index (χ3n) is 5.68. The van der Waals surface area contributed by atoms with E-state index in [1.54, 1.807) is 6.08 Å². The lowest BCUT2D eigenvalue weighted by Gasteiger charge is -2.28. The second-order valence-corrected chi connectivity index (χ2v) is 7.66. The summed E-state index contributed by atoms with van der Waals surface area (Å²) in [7, 11) is 0. The van der Waals surface area contributed by atoms with Crippen LogP contribution in [0.15, 0.2) is 66.7 Å². The highest BCUT2D eigenvalue weighted by Gasteiger charge is 2.26. The molecule has 29 heavy (non-hydrogen) atoms. The van der Waals surface area contributed by atoms with E-state index < -0.39 is 0 Å². The molecule has 2 aromatic carbocycles. The molecule has 2 N–H and O–H groups in total. The molecule has 0 bridgehead atoms. The molecule has 0 saturated carbocycles. The van der Waals surface area contributed by atoms with Crippen molar-refractivity contribution in [2.45, 2.75) is 37.8 Å². The summed E-state index contributed by atoms with van der Waals surface area (Å²) in [5.41, 5.74) is 3.42. The molecule has 0 radical (unpaired) electrons. The fourth-order valence-corrected chi connectivity index (χ4v) is 3.83. The van der Waals surface area contributed by atoms with Gasteiger partial charge in [-0.2, -0.15) is 0 Å². The molecule has 5 heteroatoms. The van der Waals surface area contributed by atoms with E-state index in [4.69, 9.17) is 0 Å². The Morgan fingerprint density at radius 3 is 2.66 bits per heavy atom. The predicted octanol–water partition coefficient (Wildman–Crippen LogP) is 2.61. The number of para-hydroxylation sites is 1. The van der Waals surface area contributed by atoms with Crippen molar-refractivity contribution in [2.75, 3.05) is 18.0 Å². The highest BCUT2D eigenvalue weighted by molar-refractivity contribution is 6.03. The number of amides is 2. The Balaban J connectivity index is 1.42. The Morgan fingerprint density at radius 1 is 1.14 bits per heavy atom. The Labute approximate surface area is 171 Å². The normalized spacial score (nSPS) is 18.9. The lowest BCUT2D eigenvalue weighted by Crippen LogP contribution is -2.54. The molecule has 0 spiro atoms. The van der Waals surface area contributed by atoms with E-state index in [1.807, 2.05) is 47.4 Å². The monoisotopic (exact) mass is 389 g/mol. The van der Waals surface area contributed by atoms with E-state index in [2.05, 4.69) is 28.8 Å². The van der Waals surface area contributed by atoms with Gasteiger partial charge in [0.25, 0.3) is 5.91 Å². The highest BCUT2D eigenvalue weighted by Crippen LogP contribution is 2.27. The van der Waals surface area contributed by atoms with Crippen LogP contribution < -0.4 is 15.5 Å². The SMILES string of the molecule is O=C(N[C@H](/C=C/C(=O)N1CCc2ccccc21)CCc1ccccc1)[C@@H]1CCN1. The number of carbonyl (C=O) groups excluding carboxylic acids is 2. The van der Waals surface area contributed by atoms with Gasteiger partial charge in [0.05, 0.1) is 6.04 Å². The van der Waals surface area contributed by atoms with E-state index in [9.17, 15) is 9.59 Å². The van der Waals surface area contributed by atoms with Crippen molar-refractivity contribution >= 4 is 17.5 Å². The van der Waals surface area contributed by atoms with Gasteiger partial charge in [-0.1, -0.05) is 54.6 Å². The van der Waals surface area contributed by atoms with Crippen LogP contribution in [-0.2, 0) is 22.4 Å². The molecule has 2 aliphatic heterocycles. The van der Waals surface area contributed by atoms with Crippen molar-refractivity contribution in [3.8, 4) is 0 Å². The van der Waals surface area contributed by atoms with Crippen LogP contribution in [0.5, 0.6) is 0 Å². The Hall–Kier alpha value is -2.92. The van der Waals surface area contributed by atoms with E-state index in [0.29, 0.717) is 6.54 Å². The van der Waals surface area contributed by atoms with Gasteiger partial charge in [0.2, 0.25) is 5.91 Å². The van der Waals surface area contributed by atoms with Crippen LogP contribution >= 0.6 is 0 Å². The van der Waals surface area contributed by atoms with Crippen molar-refractivity contribution in [3.05, 3.63) is 77.9 Å². The highest BCUT2D eigenvalue weighted by atomic mass is 16.2. The molecule has 1 fully saturated rings. The number of nitrogens with zero attached hydrogens (tertiary/aromatic N) is 1. The number of rotatable bonds is 7. The first-order valence-corrected chi connectivity index (χ1v) is 10.4. The average Bonchev–Trinajstić information content (AvgIpc) is 3.13. The molecule has 2 amide bonds. The zero-order valence-corrected chi connectivity index (χ0v) is 16.5. The number of benzene rings is 2. The first-order valence-electron chi connectivity index (χ1n) is 10.4. The van der Waals surface area contributed by atoms with Crippen LogP contribution in [0.3, 0.4) is 0 Å². The van der Waals surface area contributed by atoms with Gasteiger partial charge in [0.1, 0.15) is 0 Å². The maximum atomic E-state index is 12.8. The smallest absolute Gasteiger partial charge is 0.250 e. The van der Waals surface area contributed by atoms with Crippen molar-refractivity contribution in [2.24, 2.45) is 0 Å². The number of aryl methyl sites for hydroxylation is 1. The van der Waals surface area contributed by atoms with Gasteiger partial charge in [0, 0.05) is 24.4 Å². The zero-order valence-electron chi connectivity index (χ0n) is 16.5. The van der Waals surface area contributed by atoms with Crippen molar-refractivity contribution in [3.63, 3.8) is 0 Å². The number of hydrogen-bond donors (Lipinski definition) is 2. The summed E-state index contributed by atoms with van der Waals surface area (Å²) in [6.45, 7) is 1.59. The van der Waals surface area contributed by atoms with Gasteiger partial charge in [0.15, 0.2) is 0 Å². The molecular formula is C24H27N3O2. The van der Waals surface area contributed by atoms with E-state index in [-0.39, 0.29) is 23.9 Å². The number of nitrogens with one attached hydrogen (secondary N) is 2. The van der Waals surface area contributed by atoms with Gasteiger partial charge >= 0.3 is 0 Å². The van der Waals surface area contributed by atoms with E-state index in [0.717, 1.165) is 37.9 Å². The molecule has 0 aromatic heterocycles. The standard InChI is InChI=1S/C24H27N3O2/c28-23(27-17-15-19-8-4-5-9-22(19)27)13-12-20(26-24(29)21-14-16-25-21)11-10-18-6-2-1-3-7-18/h1-9,12-13,20-21,25H,10-11,14-17H2,(H,26,29)/b13-12+/t20-,21-/m0/s1. The van der Waals surface area contributed by atoms with Gasteiger partial charge in [-0.15, -0.1) is 0 Å². The van der Waals surface area contributed by atoms with Crippen LogP contribution in [0.1, 0.15) is 24.0 Å². The largest absolute Gasteiger partial charge is 0.349 e. The summed E-state index contributed by atoms with van der Waals surface area (Å²) in [5.74, 6) is -0.0198. The number of hydrogen-bond acceptors (Lipinski definition) is 3. The molecule has 0 aliphatic carbocycles. The fourth-order valence-electron chi connectivity index (χ4n) is 3.83. The summed E-state index contributed by atoms with van der Waals surface area (Å²) in [5, 5.41) is 6.23. The second kappa shape index (κ2) is 9.05. The molecule has 4 rings (SSSR count). The predicted molar refractivity (Wildman–Crippen MR) is 115 cm³/mol. The van der Waals surface area contributed by atoms with E-state index in [1.165, 1.54) is 11.1 Å². The molecule has 5 nitrogen and oxygen atoms in total. The maximum Gasteiger partial charge on any atom is 0.250 e. The minimum absolute atomic E-state index is 0.0120. The second-order valence-electron chi connectivity index (χ2n) is 7.66. The van der Waals surface area contributed by atoms with Gasteiger partial charge in [-0.05, 0) is 49.4 Å². The summed E-state index contributed by atoms with van der Waals surface area (Å²) in [6, 6.07) is 18.0. The lowest BCUT2D eigenvalue weighted by atomic mass is 10.0. The summed E-state index contributed by atoms with van der Waals surface area (Å²) in [6.07, 6.45) is 6.81. The lowest BCUT2D eigenvalue weighted by molar-refractivity contribution is -0.125. The van der Waals surface area contributed by atoms with Crippen molar-refractivity contribution in [1.82, 2.24) is 10.6 Å². The van der Waals surface area contributed by atoms with Crippen LogP contribution in [0.4, 0.5) is 5.69 Å². The molecule has 150 valence electrons. The first-order chi connectivity index (χ1) is 14.2. The van der Waals surface area contributed by atoms with Crippen LogP contribution in [-0.4, -0.2) is 37.0 Å². The van der Waals surface area contributed by atoms with Crippen LogP contribution in [0, 0.1) is 0 Å². The fraction of sp³-hybridized carbons (Fsp3) is 0.333. The third-order valence-corrected chi connectivity index (χ3v) is 5.68. The third kappa shape index (κ3) is 4.74. The average molecular weight is 389 g/mol. The van der Waals surface area contributed by atoms with Crippen LogP contribution in [0.25, 0.3) is 0 Å². The van der Waals surface area contributed by atoms with Gasteiger partial charge in [-0.3, -0.25) is 9.59 Å². The minimum atomic E-state index is -0.174. The van der Waals surface area contributed by atoms with Gasteiger partial charge < -0.3 is 15.5 Å². The quantitative estimate of drug-likeness (QED) is 0.716. The summed E-state index contributed by atoms with van der Waals surface area (Å²) < 4.78 is 0. The van der Waals surface area contributed by atoms with Gasteiger partial charge in [-0.25, -0.2) is 0 Å². The Kier molecular flexibility index (Phi) is 6.06. The minimum Gasteiger partial charge on any atom is -0.349 e. The summed E-state index contributed by atoms with van der Waals surface area (Å²) in [4.78, 5) is 27.0.